The van der Waals surface area contributed by atoms with Crippen LogP contribution in [0.4, 0.5) is 5.69 Å². The number of likely N-dealkylation sites (tertiary alicyclic amines) is 1. The first-order valence-electron chi connectivity index (χ1n) is 10.6. The lowest BCUT2D eigenvalue weighted by Crippen LogP contribution is -2.36. The average Bonchev–Trinajstić information content (AvgIpc) is 2.72. The second-order valence-corrected chi connectivity index (χ2v) is 8.89. The lowest BCUT2D eigenvalue weighted by atomic mass is 9.86. The molecule has 1 aliphatic rings. The van der Waals surface area contributed by atoms with Gasteiger partial charge in [0.15, 0.2) is 0 Å². The first-order valence-corrected chi connectivity index (χ1v) is 10.6. The monoisotopic (exact) mass is 392 g/mol. The van der Waals surface area contributed by atoms with Crippen LogP contribution in [0.25, 0.3) is 0 Å². The number of nitrogens with zero attached hydrogens (tertiary/aromatic N) is 1. The highest BCUT2D eigenvalue weighted by Crippen LogP contribution is 2.23. The number of nitrogens with one attached hydrogen (secondary N) is 1. The van der Waals surface area contributed by atoms with Gasteiger partial charge in [0.25, 0.3) is 5.91 Å². The van der Waals surface area contributed by atoms with E-state index in [1.807, 2.05) is 23.1 Å². The molecule has 4 heteroatoms. The van der Waals surface area contributed by atoms with Crippen LogP contribution in [0.5, 0.6) is 0 Å². The molecule has 0 spiro atoms. The van der Waals surface area contributed by atoms with Crippen LogP contribution in [-0.2, 0) is 16.6 Å². The summed E-state index contributed by atoms with van der Waals surface area (Å²) in [5.41, 5.74) is 3.75. The molecule has 0 atom stereocenters. The Morgan fingerprint density at radius 3 is 2.24 bits per heavy atom. The van der Waals surface area contributed by atoms with E-state index in [0.717, 1.165) is 31.5 Å². The quantitative estimate of drug-likeness (QED) is 0.762. The molecule has 0 bridgehead atoms. The van der Waals surface area contributed by atoms with Gasteiger partial charge in [-0.25, -0.2) is 0 Å². The summed E-state index contributed by atoms with van der Waals surface area (Å²) in [4.78, 5) is 27.3. The molecular formula is C25H32N2O2. The topological polar surface area (TPSA) is 49.4 Å². The zero-order valence-corrected chi connectivity index (χ0v) is 17.8. The highest BCUT2D eigenvalue weighted by atomic mass is 16.2. The molecule has 154 valence electrons. The van der Waals surface area contributed by atoms with Crippen LogP contribution in [0.2, 0.25) is 0 Å². The third-order valence-corrected chi connectivity index (χ3v) is 5.54. The number of aryl methyl sites for hydroxylation is 1. The van der Waals surface area contributed by atoms with Gasteiger partial charge in [-0.2, -0.15) is 0 Å². The van der Waals surface area contributed by atoms with E-state index >= 15 is 0 Å². The zero-order valence-electron chi connectivity index (χ0n) is 17.8. The number of anilines is 1. The largest absolute Gasteiger partial charge is 0.339 e. The molecule has 1 saturated heterocycles. The van der Waals surface area contributed by atoms with Crippen molar-refractivity contribution in [1.29, 1.82) is 0 Å². The first-order chi connectivity index (χ1) is 13.8. The summed E-state index contributed by atoms with van der Waals surface area (Å²) in [6.45, 7) is 8.17. The van der Waals surface area contributed by atoms with E-state index in [1.165, 1.54) is 12.0 Å². The lowest BCUT2D eigenvalue weighted by Gasteiger charge is -2.27. The number of piperidine rings is 1. The van der Waals surface area contributed by atoms with Crippen LogP contribution < -0.4 is 5.32 Å². The van der Waals surface area contributed by atoms with E-state index in [0.29, 0.717) is 24.1 Å². The van der Waals surface area contributed by atoms with Gasteiger partial charge >= 0.3 is 0 Å². The highest BCUT2D eigenvalue weighted by molar-refractivity contribution is 6.03. The van der Waals surface area contributed by atoms with Crippen LogP contribution >= 0.6 is 0 Å². The third kappa shape index (κ3) is 5.69. The van der Waals surface area contributed by atoms with Crippen molar-refractivity contribution in [1.82, 2.24) is 4.90 Å². The lowest BCUT2D eigenvalue weighted by molar-refractivity contribution is -0.116. The van der Waals surface area contributed by atoms with Crippen LogP contribution in [0.15, 0.2) is 48.5 Å². The molecule has 0 saturated carbocycles. The minimum Gasteiger partial charge on any atom is -0.339 e. The van der Waals surface area contributed by atoms with Gasteiger partial charge in [-0.15, -0.1) is 0 Å². The summed E-state index contributed by atoms with van der Waals surface area (Å²) < 4.78 is 0. The molecule has 3 rings (SSSR count). The van der Waals surface area contributed by atoms with Crippen molar-refractivity contribution >= 4 is 17.5 Å². The predicted molar refractivity (Wildman–Crippen MR) is 118 cm³/mol. The molecule has 0 radical (unpaired) electrons. The second kappa shape index (κ2) is 9.25. The average molecular weight is 393 g/mol. The Kier molecular flexibility index (Phi) is 6.73. The molecule has 1 N–H and O–H groups in total. The maximum absolute atomic E-state index is 12.9. The molecule has 2 aromatic carbocycles. The molecule has 2 amide bonds. The van der Waals surface area contributed by atoms with Crippen molar-refractivity contribution < 1.29 is 9.59 Å². The van der Waals surface area contributed by atoms with Crippen molar-refractivity contribution in [3.05, 3.63) is 65.2 Å². The fraction of sp³-hybridized carbons (Fsp3) is 0.440. The summed E-state index contributed by atoms with van der Waals surface area (Å²) in [5, 5.41) is 2.95. The minimum atomic E-state index is -0.0659. The molecule has 0 unspecified atom stereocenters. The number of rotatable bonds is 5. The number of hydrogen-bond acceptors (Lipinski definition) is 2. The molecular weight excluding hydrogens is 360 g/mol. The fourth-order valence-electron chi connectivity index (χ4n) is 3.69. The van der Waals surface area contributed by atoms with E-state index in [4.69, 9.17) is 0 Å². The molecule has 2 aromatic rings. The van der Waals surface area contributed by atoms with Crippen molar-refractivity contribution in [2.75, 3.05) is 18.4 Å². The minimum absolute atomic E-state index is 0.0124. The maximum atomic E-state index is 12.9. The summed E-state index contributed by atoms with van der Waals surface area (Å²) in [6, 6.07) is 15.8. The molecule has 29 heavy (non-hydrogen) atoms. The molecule has 0 aromatic heterocycles. The molecule has 1 heterocycles. The van der Waals surface area contributed by atoms with E-state index in [9.17, 15) is 9.59 Å². The standard InChI is InChI=1S/C25H32N2O2/c1-25(2,3)20-14-11-19(12-15-20)13-16-23(28)26-22-10-6-5-9-21(22)24(29)27-17-7-4-8-18-27/h5-6,9-12,14-15H,4,7-8,13,16-18H2,1-3H3,(H,26,28). The van der Waals surface area contributed by atoms with Crippen molar-refractivity contribution in [3.63, 3.8) is 0 Å². The van der Waals surface area contributed by atoms with Crippen LogP contribution in [0, 0.1) is 0 Å². The summed E-state index contributed by atoms with van der Waals surface area (Å²) in [6.07, 6.45) is 4.35. The van der Waals surface area contributed by atoms with E-state index in [1.54, 1.807) is 6.07 Å². The Labute approximate surface area is 174 Å². The van der Waals surface area contributed by atoms with Gasteiger partial charge in [0.05, 0.1) is 11.3 Å². The maximum Gasteiger partial charge on any atom is 0.255 e. The van der Waals surface area contributed by atoms with Gasteiger partial charge in [-0.05, 0) is 54.4 Å². The Morgan fingerprint density at radius 2 is 1.59 bits per heavy atom. The third-order valence-electron chi connectivity index (χ3n) is 5.54. The van der Waals surface area contributed by atoms with Gasteiger partial charge in [0, 0.05) is 19.5 Å². The summed E-state index contributed by atoms with van der Waals surface area (Å²) in [5.74, 6) is -0.0536. The normalized spacial score (nSPS) is 14.5. The number of carbonyl (C=O) groups is 2. The Hall–Kier alpha value is -2.62. The SMILES string of the molecule is CC(C)(C)c1ccc(CCC(=O)Nc2ccccc2C(=O)N2CCCCC2)cc1. The number of para-hydroxylation sites is 1. The Bertz CT molecular complexity index is 844. The smallest absolute Gasteiger partial charge is 0.255 e. The van der Waals surface area contributed by atoms with E-state index in [2.05, 4.69) is 50.4 Å². The first kappa shape index (κ1) is 21.1. The van der Waals surface area contributed by atoms with E-state index in [-0.39, 0.29) is 17.2 Å². The molecule has 1 fully saturated rings. The van der Waals surface area contributed by atoms with Crippen LogP contribution in [-0.4, -0.2) is 29.8 Å². The summed E-state index contributed by atoms with van der Waals surface area (Å²) in [7, 11) is 0. The molecule has 0 aliphatic carbocycles. The Morgan fingerprint density at radius 1 is 0.931 bits per heavy atom. The second-order valence-electron chi connectivity index (χ2n) is 8.89. The number of amides is 2. The summed E-state index contributed by atoms with van der Waals surface area (Å²) >= 11 is 0. The van der Waals surface area contributed by atoms with Gasteiger partial charge in [-0.1, -0.05) is 57.2 Å². The van der Waals surface area contributed by atoms with Gasteiger partial charge in [-0.3, -0.25) is 9.59 Å². The number of carbonyl (C=O) groups excluding carboxylic acids is 2. The molecule has 4 nitrogen and oxygen atoms in total. The fourth-order valence-corrected chi connectivity index (χ4v) is 3.69. The van der Waals surface area contributed by atoms with Crippen LogP contribution in [0.1, 0.15) is 67.9 Å². The zero-order chi connectivity index (χ0) is 20.9. The highest BCUT2D eigenvalue weighted by Gasteiger charge is 2.21. The van der Waals surface area contributed by atoms with E-state index < -0.39 is 0 Å². The van der Waals surface area contributed by atoms with Crippen molar-refractivity contribution in [2.24, 2.45) is 0 Å². The van der Waals surface area contributed by atoms with Crippen LogP contribution in [0.3, 0.4) is 0 Å². The predicted octanol–water partition coefficient (Wildman–Crippen LogP) is 5.18. The van der Waals surface area contributed by atoms with Crippen molar-refractivity contribution in [3.8, 4) is 0 Å². The van der Waals surface area contributed by atoms with Gasteiger partial charge in [0.1, 0.15) is 0 Å². The Balaban J connectivity index is 1.60. The van der Waals surface area contributed by atoms with Gasteiger partial charge in [0.2, 0.25) is 5.91 Å². The molecule has 1 aliphatic heterocycles. The number of hydrogen-bond donors (Lipinski definition) is 1. The van der Waals surface area contributed by atoms with Crippen molar-refractivity contribution in [2.45, 2.75) is 58.3 Å². The number of benzene rings is 2. The van der Waals surface area contributed by atoms with Gasteiger partial charge < -0.3 is 10.2 Å².